The lowest BCUT2D eigenvalue weighted by Crippen LogP contribution is -2.50. The minimum atomic E-state index is -3.29. The lowest BCUT2D eigenvalue weighted by molar-refractivity contribution is 0.148. The molecule has 144 valence electrons. The summed E-state index contributed by atoms with van der Waals surface area (Å²) in [7, 11) is -3.29. The number of nitrogens with one attached hydrogen (secondary N) is 1. The summed E-state index contributed by atoms with van der Waals surface area (Å²) in [6.45, 7) is 3.97. The molecule has 0 unspecified atom stereocenters. The molecule has 7 heteroatoms. The quantitative estimate of drug-likeness (QED) is 0.856. The van der Waals surface area contributed by atoms with Crippen LogP contribution >= 0.6 is 0 Å². The maximum Gasteiger partial charge on any atom is 0.321 e. The van der Waals surface area contributed by atoms with E-state index in [9.17, 15) is 13.2 Å². The van der Waals surface area contributed by atoms with Crippen molar-refractivity contribution in [2.75, 3.05) is 44.3 Å². The van der Waals surface area contributed by atoms with E-state index >= 15 is 0 Å². The zero-order valence-electron chi connectivity index (χ0n) is 15.5. The number of amides is 2. The molecule has 2 aromatic rings. The summed E-state index contributed by atoms with van der Waals surface area (Å²) in [4.78, 5) is 16.8. The van der Waals surface area contributed by atoms with Crippen molar-refractivity contribution in [1.29, 1.82) is 0 Å². The number of anilines is 1. The van der Waals surface area contributed by atoms with Gasteiger partial charge in [0.05, 0.1) is 4.90 Å². The van der Waals surface area contributed by atoms with Crippen LogP contribution in [0.3, 0.4) is 0 Å². The molecule has 0 aliphatic carbocycles. The number of rotatable bonds is 5. The Morgan fingerprint density at radius 3 is 2.37 bits per heavy atom. The number of urea groups is 1. The molecule has 3 rings (SSSR count). The average molecular weight is 388 g/mol. The summed E-state index contributed by atoms with van der Waals surface area (Å²) in [6.07, 6.45) is 2.16. The maximum atomic E-state index is 12.5. The topological polar surface area (TPSA) is 69.7 Å². The Balaban J connectivity index is 1.49. The van der Waals surface area contributed by atoms with Gasteiger partial charge in [-0.15, -0.1) is 0 Å². The van der Waals surface area contributed by atoms with Crippen molar-refractivity contribution in [3.63, 3.8) is 0 Å². The number of nitrogens with zero attached hydrogens (tertiary/aromatic N) is 2. The molecule has 1 N–H and O–H groups in total. The first-order valence-electron chi connectivity index (χ1n) is 9.04. The van der Waals surface area contributed by atoms with Crippen LogP contribution in [0.2, 0.25) is 0 Å². The summed E-state index contributed by atoms with van der Waals surface area (Å²) >= 11 is 0. The fourth-order valence-corrected chi connectivity index (χ4v) is 3.78. The molecule has 1 saturated heterocycles. The van der Waals surface area contributed by atoms with Crippen LogP contribution in [0.4, 0.5) is 10.5 Å². The second-order valence-electron chi connectivity index (χ2n) is 6.79. The van der Waals surface area contributed by atoms with Gasteiger partial charge in [-0.3, -0.25) is 4.90 Å². The number of hydrogen-bond acceptors (Lipinski definition) is 4. The number of carbonyl (C=O) groups excluding carboxylic acids is 1. The van der Waals surface area contributed by atoms with Crippen molar-refractivity contribution in [3.8, 4) is 0 Å². The highest BCUT2D eigenvalue weighted by molar-refractivity contribution is 7.90. The summed E-state index contributed by atoms with van der Waals surface area (Å²) in [5.41, 5.74) is 1.82. The van der Waals surface area contributed by atoms with Crippen molar-refractivity contribution >= 4 is 21.6 Å². The molecule has 1 fully saturated rings. The SMILES string of the molecule is CS(=O)(=O)c1cccc(NC(=O)N2CCN(CCc3ccccc3)CC2)c1. The number of piperazine rings is 1. The molecule has 1 aliphatic rings. The summed E-state index contributed by atoms with van der Waals surface area (Å²) < 4.78 is 23.3. The fourth-order valence-electron chi connectivity index (χ4n) is 3.11. The van der Waals surface area contributed by atoms with Crippen molar-refractivity contribution < 1.29 is 13.2 Å². The van der Waals surface area contributed by atoms with Crippen LogP contribution in [-0.4, -0.2) is 63.2 Å². The van der Waals surface area contributed by atoms with Crippen LogP contribution in [-0.2, 0) is 16.3 Å². The third-order valence-corrected chi connectivity index (χ3v) is 5.84. The molecule has 0 bridgehead atoms. The summed E-state index contributed by atoms with van der Waals surface area (Å²) in [6, 6.07) is 16.5. The van der Waals surface area contributed by atoms with Crippen LogP contribution in [0.5, 0.6) is 0 Å². The van der Waals surface area contributed by atoms with E-state index in [1.54, 1.807) is 17.0 Å². The third-order valence-electron chi connectivity index (χ3n) is 4.73. The van der Waals surface area contributed by atoms with E-state index in [1.807, 2.05) is 6.07 Å². The highest BCUT2D eigenvalue weighted by Crippen LogP contribution is 2.16. The largest absolute Gasteiger partial charge is 0.322 e. The molecule has 6 nitrogen and oxygen atoms in total. The lowest BCUT2D eigenvalue weighted by atomic mass is 10.1. The molecule has 27 heavy (non-hydrogen) atoms. The molecular formula is C20H25N3O3S. The van der Waals surface area contributed by atoms with Crippen molar-refractivity contribution in [3.05, 3.63) is 60.2 Å². The average Bonchev–Trinajstić information content (AvgIpc) is 2.67. The van der Waals surface area contributed by atoms with E-state index < -0.39 is 9.84 Å². The van der Waals surface area contributed by atoms with E-state index in [-0.39, 0.29) is 10.9 Å². The number of hydrogen-bond donors (Lipinski definition) is 1. The second kappa shape index (κ2) is 8.54. The minimum Gasteiger partial charge on any atom is -0.322 e. The van der Waals surface area contributed by atoms with Crippen molar-refractivity contribution in [1.82, 2.24) is 9.80 Å². The first kappa shape index (κ1) is 19.4. The van der Waals surface area contributed by atoms with Gasteiger partial charge >= 0.3 is 6.03 Å². The highest BCUT2D eigenvalue weighted by atomic mass is 32.2. The Kier molecular flexibility index (Phi) is 6.13. The molecule has 0 radical (unpaired) electrons. The van der Waals surface area contributed by atoms with Crippen LogP contribution < -0.4 is 5.32 Å². The number of carbonyl (C=O) groups is 1. The normalized spacial score (nSPS) is 15.5. The Morgan fingerprint density at radius 1 is 1.00 bits per heavy atom. The second-order valence-corrected chi connectivity index (χ2v) is 8.81. The maximum absolute atomic E-state index is 12.5. The van der Waals surface area contributed by atoms with Gasteiger partial charge in [-0.1, -0.05) is 36.4 Å². The molecule has 0 atom stereocenters. The van der Waals surface area contributed by atoms with Gasteiger partial charge in [0.15, 0.2) is 9.84 Å². The zero-order valence-corrected chi connectivity index (χ0v) is 16.3. The number of sulfone groups is 1. The molecule has 2 amide bonds. The van der Waals surface area contributed by atoms with Gasteiger partial charge in [-0.2, -0.15) is 0 Å². The first-order chi connectivity index (χ1) is 12.9. The van der Waals surface area contributed by atoms with Gasteiger partial charge in [0.2, 0.25) is 0 Å². The molecule has 0 spiro atoms. The molecular weight excluding hydrogens is 362 g/mol. The standard InChI is InChI=1S/C20H25N3O3S/c1-27(25,26)19-9-5-8-18(16-19)21-20(24)23-14-12-22(13-15-23)11-10-17-6-3-2-4-7-17/h2-9,16H,10-15H2,1H3,(H,21,24). The van der Waals surface area contributed by atoms with Gasteiger partial charge in [0.25, 0.3) is 0 Å². The summed E-state index contributed by atoms with van der Waals surface area (Å²) in [5, 5.41) is 2.80. The first-order valence-corrected chi connectivity index (χ1v) is 10.9. The van der Waals surface area contributed by atoms with Gasteiger partial charge in [0.1, 0.15) is 0 Å². The molecule has 0 saturated carbocycles. The Hall–Kier alpha value is -2.38. The monoisotopic (exact) mass is 387 g/mol. The fraction of sp³-hybridized carbons (Fsp3) is 0.350. The van der Waals surface area contributed by atoms with E-state index in [0.717, 1.165) is 32.3 Å². The van der Waals surface area contributed by atoms with Crippen LogP contribution in [0.25, 0.3) is 0 Å². The molecule has 0 aromatic heterocycles. The molecule has 1 heterocycles. The van der Waals surface area contributed by atoms with E-state index in [4.69, 9.17) is 0 Å². The highest BCUT2D eigenvalue weighted by Gasteiger charge is 2.21. The van der Waals surface area contributed by atoms with E-state index in [1.165, 1.54) is 17.7 Å². The van der Waals surface area contributed by atoms with E-state index in [0.29, 0.717) is 18.8 Å². The van der Waals surface area contributed by atoms with Crippen LogP contribution in [0.15, 0.2) is 59.5 Å². The van der Waals surface area contributed by atoms with Crippen LogP contribution in [0, 0.1) is 0 Å². The van der Waals surface area contributed by atoms with Crippen molar-refractivity contribution in [2.45, 2.75) is 11.3 Å². The van der Waals surface area contributed by atoms with Crippen molar-refractivity contribution in [2.24, 2.45) is 0 Å². The Bertz CT molecular complexity index is 876. The third kappa shape index (κ3) is 5.55. The van der Waals surface area contributed by atoms with E-state index in [2.05, 4.69) is 34.5 Å². The predicted molar refractivity (Wildman–Crippen MR) is 107 cm³/mol. The number of benzene rings is 2. The van der Waals surface area contributed by atoms with Gasteiger partial charge in [-0.25, -0.2) is 13.2 Å². The van der Waals surface area contributed by atoms with Gasteiger partial charge in [0, 0.05) is 44.7 Å². The Morgan fingerprint density at radius 2 is 1.70 bits per heavy atom. The zero-order chi connectivity index (χ0) is 19.3. The predicted octanol–water partition coefficient (Wildman–Crippen LogP) is 2.48. The summed E-state index contributed by atoms with van der Waals surface area (Å²) in [5.74, 6) is 0. The Labute approximate surface area is 160 Å². The minimum absolute atomic E-state index is 0.191. The van der Waals surface area contributed by atoms with Gasteiger partial charge in [-0.05, 0) is 30.2 Å². The lowest BCUT2D eigenvalue weighted by Gasteiger charge is -2.34. The molecule has 1 aliphatic heterocycles. The smallest absolute Gasteiger partial charge is 0.321 e. The van der Waals surface area contributed by atoms with Gasteiger partial charge < -0.3 is 10.2 Å². The molecule has 2 aromatic carbocycles. The van der Waals surface area contributed by atoms with Crippen LogP contribution in [0.1, 0.15) is 5.56 Å².